The maximum absolute atomic E-state index is 11.3. The average molecular weight is 492 g/mol. The van der Waals surface area contributed by atoms with Crippen molar-refractivity contribution >= 4 is 28.9 Å². The molecule has 0 aromatic carbocycles. The summed E-state index contributed by atoms with van der Waals surface area (Å²) in [5.74, 6) is 0.0709. The molecule has 0 spiro atoms. The number of pyridine rings is 2. The Morgan fingerprint density at radius 2 is 1.94 bits per heavy atom. The first kappa shape index (κ1) is 23.1. The summed E-state index contributed by atoms with van der Waals surface area (Å²) in [5, 5.41) is 32.7. The topological polar surface area (TPSA) is 139 Å². The number of nitrogens with zero attached hydrogens (tertiary/aromatic N) is 6. The monoisotopic (exact) mass is 491 g/mol. The fourth-order valence-corrected chi connectivity index (χ4v) is 5.31. The summed E-state index contributed by atoms with van der Waals surface area (Å²) in [6.07, 6.45) is 6.79. The molecular formula is C24H25N7O3S. The zero-order chi connectivity index (χ0) is 24.6. The molecule has 5 rings (SSSR count). The maximum Gasteiger partial charge on any atom is 0.306 e. The highest BCUT2D eigenvalue weighted by Crippen LogP contribution is 2.42. The van der Waals surface area contributed by atoms with E-state index in [4.69, 9.17) is 4.98 Å². The summed E-state index contributed by atoms with van der Waals surface area (Å²) < 4.78 is 0. The van der Waals surface area contributed by atoms with E-state index in [1.54, 1.807) is 25.6 Å². The van der Waals surface area contributed by atoms with Crippen molar-refractivity contribution in [1.29, 1.82) is 0 Å². The molecule has 4 heterocycles. The molecule has 1 saturated carbocycles. The standard InChI is InChI=1S/C24H25N7O3S/c1-14-9-17(19-13-26-23(35-19)24(34)6-3-15(4-7-24)22(32)33)28-21(10-14)29-20-11-16(5-8-25-20)18-12-27-31(2)30-18/h5,8-13,15,34H,3-4,6-7H2,1-2H3,(H,32,33)(H,25,28,29). The Balaban J connectivity index is 1.36. The molecule has 0 saturated heterocycles. The van der Waals surface area contributed by atoms with E-state index in [9.17, 15) is 15.0 Å². The lowest BCUT2D eigenvalue weighted by molar-refractivity contribution is -0.145. The van der Waals surface area contributed by atoms with Crippen LogP contribution < -0.4 is 5.32 Å². The molecule has 1 aliphatic rings. The van der Waals surface area contributed by atoms with E-state index in [0.717, 1.165) is 27.4 Å². The van der Waals surface area contributed by atoms with Crippen LogP contribution in [0, 0.1) is 12.8 Å². The number of carboxylic acid groups (broad SMARTS) is 1. The smallest absolute Gasteiger partial charge is 0.306 e. The highest BCUT2D eigenvalue weighted by atomic mass is 32.1. The van der Waals surface area contributed by atoms with Gasteiger partial charge in [0.2, 0.25) is 0 Å². The third kappa shape index (κ3) is 4.91. The van der Waals surface area contributed by atoms with Gasteiger partial charge in [0, 0.05) is 25.0 Å². The Morgan fingerprint density at radius 3 is 2.66 bits per heavy atom. The number of anilines is 2. The van der Waals surface area contributed by atoms with Gasteiger partial charge in [0.25, 0.3) is 0 Å². The number of hydrogen-bond donors (Lipinski definition) is 3. The second-order valence-electron chi connectivity index (χ2n) is 8.86. The third-order valence-electron chi connectivity index (χ3n) is 6.20. The van der Waals surface area contributed by atoms with E-state index in [0.29, 0.717) is 42.3 Å². The summed E-state index contributed by atoms with van der Waals surface area (Å²) in [7, 11) is 1.77. The van der Waals surface area contributed by atoms with Crippen LogP contribution in [0.1, 0.15) is 36.3 Å². The van der Waals surface area contributed by atoms with Crippen molar-refractivity contribution in [2.24, 2.45) is 13.0 Å². The summed E-state index contributed by atoms with van der Waals surface area (Å²) in [6.45, 7) is 1.99. The van der Waals surface area contributed by atoms with E-state index < -0.39 is 17.5 Å². The second kappa shape index (κ2) is 9.16. The first-order valence-electron chi connectivity index (χ1n) is 11.3. The van der Waals surface area contributed by atoms with Crippen molar-refractivity contribution in [2.45, 2.75) is 38.2 Å². The highest BCUT2D eigenvalue weighted by molar-refractivity contribution is 7.15. The van der Waals surface area contributed by atoms with E-state index in [-0.39, 0.29) is 0 Å². The van der Waals surface area contributed by atoms with Crippen LogP contribution in [0.2, 0.25) is 0 Å². The maximum atomic E-state index is 11.3. The van der Waals surface area contributed by atoms with Crippen molar-refractivity contribution in [3.63, 3.8) is 0 Å². The first-order valence-corrected chi connectivity index (χ1v) is 12.1. The van der Waals surface area contributed by atoms with E-state index in [1.165, 1.54) is 16.1 Å². The van der Waals surface area contributed by atoms with E-state index in [1.807, 2.05) is 31.2 Å². The number of carbonyl (C=O) groups is 1. The van der Waals surface area contributed by atoms with Gasteiger partial charge in [0.05, 0.1) is 22.7 Å². The van der Waals surface area contributed by atoms with Crippen molar-refractivity contribution in [3.8, 4) is 21.8 Å². The summed E-state index contributed by atoms with van der Waals surface area (Å²) in [5.41, 5.74) is 2.30. The van der Waals surface area contributed by atoms with Crippen LogP contribution >= 0.6 is 11.3 Å². The lowest BCUT2D eigenvalue weighted by Gasteiger charge is -2.32. The van der Waals surface area contributed by atoms with Crippen LogP contribution in [0.3, 0.4) is 0 Å². The van der Waals surface area contributed by atoms with Gasteiger partial charge in [-0.25, -0.2) is 15.0 Å². The van der Waals surface area contributed by atoms with Crippen LogP contribution in [0.25, 0.3) is 21.8 Å². The molecule has 35 heavy (non-hydrogen) atoms. The number of rotatable bonds is 6. The summed E-state index contributed by atoms with van der Waals surface area (Å²) in [4.78, 5) is 27.2. The van der Waals surface area contributed by atoms with E-state index >= 15 is 0 Å². The number of aliphatic carboxylic acids is 1. The Hall–Kier alpha value is -3.70. The zero-order valence-electron chi connectivity index (χ0n) is 19.3. The van der Waals surface area contributed by atoms with Gasteiger partial charge in [-0.2, -0.15) is 15.0 Å². The second-order valence-corrected chi connectivity index (χ2v) is 9.89. The predicted molar refractivity (Wildman–Crippen MR) is 131 cm³/mol. The van der Waals surface area contributed by atoms with Crippen molar-refractivity contribution in [1.82, 2.24) is 29.9 Å². The summed E-state index contributed by atoms with van der Waals surface area (Å²) >= 11 is 1.39. The molecule has 3 N–H and O–H groups in total. The minimum atomic E-state index is -1.09. The third-order valence-corrected chi connectivity index (χ3v) is 7.41. The molecule has 11 heteroatoms. The molecule has 1 fully saturated rings. The van der Waals surface area contributed by atoms with Crippen LogP contribution in [0.5, 0.6) is 0 Å². The quantitative estimate of drug-likeness (QED) is 0.366. The number of aliphatic hydroxyl groups is 1. The van der Waals surface area contributed by atoms with Crippen LogP contribution in [0.4, 0.5) is 11.6 Å². The SMILES string of the molecule is Cc1cc(Nc2cc(-c3cnn(C)n3)ccn2)nc(-c2cnc(C3(O)CCC(C(=O)O)CC3)s2)c1. The Morgan fingerprint density at radius 1 is 1.14 bits per heavy atom. The molecule has 0 radical (unpaired) electrons. The molecule has 10 nitrogen and oxygen atoms in total. The van der Waals surface area contributed by atoms with Crippen molar-refractivity contribution in [2.75, 3.05) is 5.32 Å². The van der Waals surface area contributed by atoms with Crippen LogP contribution in [-0.2, 0) is 17.4 Å². The van der Waals surface area contributed by atoms with Gasteiger partial charge in [-0.3, -0.25) is 4.79 Å². The Labute approximate surface area is 205 Å². The Bertz CT molecular complexity index is 1370. The minimum absolute atomic E-state index is 0.388. The molecule has 0 aliphatic heterocycles. The highest BCUT2D eigenvalue weighted by Gasteiger charge is 2.39. The minimum Gasteiger partial charge on any atom is -0.481 e. The molecule has 180 valence electrons. The molecule has 0 amide bonds. The summed E-state index contributed by atoms with van der Waals surface area (Å²) in [6, 6.07) is 7.67. The molecule has 0 bridgehead atoms. The largest absolute Gasteiger partial charge is 0.481 e. The van der Waals surface area contributed by atoms with Gasteiger partial charge in [-0.15, -0.1) is 11.3 Å². The number of aromatic nitrogens is 6. The normalized spacial score (nSPS) is 20.0. The number of hydrogen-bond acceptors (Lipinski definition) is 9. The van der Waals surface area contributed by atoms with Gasteiger partial charge in [0.1, 0.15) is 27.9 Å². The van der Waals surface area contributed by atoms with E-state index in [2.05, 4.69) is 25.5 Å². The molecule has 1 aliphatic carbocycles. The molecule has 4 aromatic rings. The number of aryl methyl sites for hydroxylation is 2. The Kier molecular flexibility index (Phi) is 6.03. The molecule has 0 unspecified atom stereocenters. The number of nitrogens with one attached hydrogen (secondary N) is 1. The fraction of sp³-hybridized carbons (Fsp3) is 0.333. The van der Waals surface area contributed by atoms with Crippen LogP contribution in [-0.4, -0.2) is 46.1 Å². The molecular weight excluding hydrogens is 466 g/mol. The lowest BCUT2D eigenvalue weighted by Crippen LogP contribution is -2.33. The van der Waals surface area contributed by atoms with Gasteiger partial charge in [-0.1, -0.05) is 0 Å². The van der Waals surface area contributed by atoms with Crippen LogP contribution in [0.15, 0.2) is 42.9 Å². The van der Waals surface area contributed by atoms with Gasteiger partial charge in [-0.05, 0) is 62.4 Å². The zero-order valence-corrected chi connectivity index (χ0v) is 20.2. The van der Waals surface area contributed by atoms with Crippen molar-refractivity contribution in [3.05, 3.63) is 53.4 Å². The predicted octanol–water partition coefficient (Wildman–Crippen LogP) is 3.91. The number of thiazole rings is 1. The van der Waals surface area contributed by atoms with Gasteiger partial charge in [0.15, 0.2) is 0 Å². The van der Waals surface area contributed by atoms with Gasteiger partial charge >= 0.3 is 5.97 Å². The molecule has 4 aromatic heterocycles. The fourth-order valence-electron chi connectivity index (χ4n) is 4.29. The lowest BCUT2D eigenvalue weighted by atomic mass is 9.79. The molecule has 0 atom stereocenters. The van der Waals surface area contributed by atoms with Crippen molar-refractivity contribution < 1.29 is 15.0 Å². The first-order chi connectivity index (χ1) is 16.8. The number of carboxylic acids is 1. The van der Waals surface area contributed by atoms with Gasteiger partial charge < -0.3 is 15.5 Å². The average Bonchev–Trinajstić information content (AvgIpc) is 3.49.